The molecular weight excluding hydrogens is 172 g/mol. The fourth-order valence-electron chi connectivity index (χ4n) is 0.908. The number of para-hydroxylation sites is 1. The largest absolute Gasteiger partial charge is 0.320 e. The number of amidine groups is 1. The highest BCUT2D eigenvalue weighted by molar-refractivity contribution is 6.67. The Morgan fingerprint density at radius 3 is 2.42 bits per heavy atom. The second kappa shape index (κ2) is 4.12. The Morgan fingerprint density at radius 2 is 1.92 bits per heavy atom. The quantitative estimate of drug-likeness (QED) is 0.370. The molecule has 0 bridgehead atoms. The maximum absolute atomic E-state index is 5.83. The third-order valence-electron chi connectivity index (χ3n) is 1.60. The normalized spacial score (nSPS) is 11.4. The Hall–Kier alpha value is -1.02. The predicted octanol–water partition coefficient (Wildman–Crippen LogP) is 2.35. The maximum Gasteiger partial charge on any atom is 0.197 e. The van der Waals surface area contributed by atoms with E-state index >= 15 is 0 Å². The number of hydrogen-bond acceptors (Lipinski definition) is 1. The Labute approximate surface area is 77.5 Å². The highest BCUT2D eigenvalue weighted by atomic mass is 35.5. The number of halogens is 1. The third kappa shape index (κ3) is 1.98. The summed E-state index contributed by atoms with van der Waals surface area (Å²) in [5, 5.41) is 0.487. The molecule has 1 aromatic rings. The van der Waals surface area contributed by atoms with E-state index in [1.807, 2.05) is 42.3 Å². The lowest BCUT2D eigenvalue weighted by molar-refractivity contribution is 1.26. The standard InChI is InChI=1S/C9H11ClN2/c1-11-9(10)12(2)8-6-4-3-5-7-8/h3-7H,1-2H3. The molecule has 0 fully saturated rings. The summed E-state index contributed by atoms with van der Waals surface area (Å²) in [6.45, 7) is 0. The minimum Gasteiger partial charge on any atom is -0.320 e. The zero-order valence-electron chi connectivity index (χ0n) is 7.16. The van der Waals surface area contributed by atoms with Crippen LogP contribution in [0.2, 0.25) is 0 Å². The number of aliphatic imine (C=N–C) groups is 1. The summed E-state index contributed by atoms with van der Waals surface area (Å²) in [6.07, 6.45) is 0. The van der Waals surface area contributed by atoms with Crippen LogP contribution in [-0.2, 0) is 0 Å². The van der Waals surface area contributed by atoms with Crippen molar-refractivity contribution in [3.63, 3.8) is 0 Å². The van der Waals surface area contributed by atoms with E-state index in [0.29, 0.717) is 5.29 Å². The van der Waals surface area contributed by atoms with Gasteiger partial charge in [-0.25, -0.2) is 0 Å². The molecule has 0 heterocycles. The smallest absolute Gasteiger partial charge is 0.197 e. The van der Waals surface area contributed by atoms with Crippen LogP contribution in [0.3, 0.4) is 0 Å². The van der Waals surface area contributed by atoms with E-state index < -0.39 is 0 Å². The van der Waals surface area contributed by atoms with Crippen molar-refractivity contribution < 1.29 is 0 Å². The monoisotopic (exact) mass is 182 g/mol. The van der Waals surface area contributed by atoms with Crippen LogP contribution in [0, 0.1) is 0 Å². The maximum atomic E-state index is 5.83. The number of benzene rings is 1. The molecule has 0 amide bonds. The van der Waals surface area contributed by atoms with Gasteiger partial charge in [0.1, 0.15) is 0 Å². The summed E-state index contributed by atoms with van der Waals surface area (Å²) < 4.78 is 0. The summed E-state index contributed by atoms with van der Waals surface area (Å²) >= 11 is 5.83. The average Bonchev–Trinajstić information content (AvgIpc) is 2.17. The van der Waals surface area contributed by atoms with Gasteiger partial charge >= 0.3 is 0 Å². The first-order valence-corrected chi connectivity index (χ1v) is 4.04. The zero-order valence-corrected chi connectivity index (χ0v) is 7.92. The molecule has 0 atom stereocenters. The van der Waals surface area contributed by atoms with Gasteiger partial charge in [0.05, 0.1) is 0 Å². The molecule has 3 heteroatoms. The fraction of sp³-hybridized carbons (Fsp3) is 0.222. The minimum atomic E-state index is 0.487. The number of hydrogen-bond donors (Lipinski definition) is 0. The van der Waals surface area contributed by atoms with Crippen molar-refractivity contribution in [2.24, 2.45) is 4.99 Å². The third-order valence-corrected chi connectivity index (χ3v) is 2.03. The Kier molecular flexibility index (Phi) is 3.11. The van der Waals surface area contributed by atoms with Gasteiger partial charge in [-0.1, -0.05) is 18.2 Å². The predicted molar refractivity (Wildman–Crippen MR) is 54.1 cm³/mol. The lowest BCUT2D eigenvalue weighted by Crippen LogP contribution is -2.20. The molecule has 0 aromatic heterocycles. The van der Waals surface area contributed by atoms with Gasteiger partial charge in [-0.05, 0) is 23.7 Å². The molecule has 0 N–H and O–H groups in total. The molecule has 2 nitrogen and oxygen atoms in total. The van der Waals surface area contributed by atoms with Crippen molar-refractivity contribution in [2.75, 3.05) is 19.0 Å². The molecular formula is C9H11ClN2. The molecule has 0 saturated carbocycles. The van der Waals surface area contributed by atoms with Crippen LogP contribution in [0.4, 0.5) is 5.69 Å². The van der Waals surface area contributed by atoms with Gasteiger partial charge in [-0.3, -0.25) is 4.99 Å². The SMILES string of the molecule is CN=C(Cl)N(C)c1ccccc1. The Balaban J connectivity index is 2.86. The van der Waals surface area contributed by atoms with E-state index in [2.05, 4.69) is 4.99 Å². The van der Waals surface area contributed by atoms with E-state index in [-0.39, 0.29) is 0 Å². The zero-order chi connectivity index (χ0) is 8.97. The van der Waals surface area contributed by atoms with Crippen LogP contribution in [-0.4, -0.2) is 19.4 Å². The molecule has 0 unspecified atom stereocenters. The number of anilines is 1. The molecule has 0 aliphatic rings. The second-order valence-corrected chi connectivity index (χ2v) is 2.73. The van der Waals surface area contributed by atoms with Crippen LogP contribution >= 0.6 is 11.6 Å². The lowest BCUT2D eigenvalue weighted by atomic mass is 10.3. The molecule has 0 aliphatic carbocycles. The van der Waals surface area contributed by atoms with Crippen LogP contribution in [0.15, 0.2) is 35.3 Å². The molecule has 0 spiro atoms. The first kappa shape index (κ1) is 9.07. The van der Waals surface area contributed by atoms with E-state index in [1.165, 1.54) is 0 Å². The summed E-state index contributed by atoms with van der Waals surface area (Å²) in [6, 6.07) is 9.85. The van der Waals surface area contributed by atoms with E-state index in [0.717, 1.165) is 5.69 Å². The molecule has 0 radical (unpaired) electrons. The van der Waals surface area contributed by atoms with Crippen molar-refractivity contribution in [2.45, 2.75) is 0 Å². The van der Waals surface area contributed by atoms with Crippen LogP contribution in [0.5, 0.6) is 0 Å². The lowest BCUT2D eigenvalue weighted by Gasteiger charge is -2.15. The van der Waals surface area contributed by atoms with Crippen molar-refractivity contribution in [3.05, 3.63) is 30.3 Å². The van der Waals surface area contributed by atoms with E-state index in [4.69, 9.17) is 11.6 Å². The van der Waals surface area contributed by atoms with Crippen molar-refractivity contribution in [3.8, 4) is 0 Å². The average molecular weight is 183 g/mol. The van der Waals surface area contributed by atoms with Crippen LogP contribution in [0.1, 0.15) is 0 Å². The van der Waals surface area contributed by atoms with Gasteiger partial charge in [-0.15, -0.1) is 0 Å². The van der Waals surface area contributed by atoms with Gasteiger partial charge in [0.15, 0.2) is 5.29 Å². The molecule has 0 saturated heterocycles. The van der Waals surface area contributed by atoms with E-state index in [1.54, 1.807) is 7.05 Å². The van der Waals surface area contributed by atoms with E-state index in [9.17, 15) is 0 Å². The van der Waals surface area contributed by atoms with Crippen LogP contribution in [0.25, 0.3) is 0 Å². The van der Waals surface area contributed by atoms with Gasteiger partial charge in [0, 0.05) is 19.8 Å². The summed E-state index contributed by atoms with van der Waals surface area (Å²) in [7, 11) is 3.55. The van der Waals surface area contributed by atoms with Gasteiger partial charge < -0.3 is 4.90 Å². The minimum absolute atomic E-state index is 0.487. The molecule has 1 rings (SSSR count). The van der Waals surface area contributed by atoms with Gasteiger partial charge in [-0.2, -0.15) is 0 Å². The first-order valence-electron chi connectivity index (χ1n) is 3.66. The second-order valence-electron chi connectivity index (χ2n) is 2.39. The molecule has 12 heavy (non-hydrogen) atoms. The fourth-order valence-corrected chi connectivity index (χ4v) is 1.01. The Bertz CT molecular complexity index is 269. The highest BCUT2D eigenvalue weighted by Gasteiger charge is 2.02. The molecule has 0 aliphatic heterocycles. The number of nitrogens with zero attached hydrogens (tertiary/aromatic N) is 2. The van der Waals surface area contributed by atoms with Crippen LogP contribution < -0.4 is 4.90 Å². The number of rotatable bonds is 1. The first-order chi connectivity index (χ1) is 5.75. The summed E-state index contributed by atoms with van der Waals surface area (Å²) in [5.41, 5.74) is 1.04. The van der Waals surface area contributed by atoms with Crippen molar-refractivity contribution in [1.29, 1.82) is 0 Å². The van der Waals surface area contributed by atoms with Crippen molar-refractivity contribution in [1.82, 2.24) is 0 Å². The highest BCUT2D eigenvalue weighted by Crippen LogP contribution is 2.12. The summed E-state index contributed by atoms with van der Waals surface area (Å²) in [5.74, 6) is 0. The molecule has 64 valence electrons. The Morgan fingerprint density at radius 1 is 1.33 bits per heavy atom. The summed E-state index contributed by atoms with van der Waals surface area (Å²) in [4.78, 5) is 5.69. The van der Waals surface area contributed by atoms with Crippen molar-refractivity contribution >= 4 is 22.6 Å². The van der Waals surface area contributed by atoms with Gasteiger partial charge in [0.2, 0.25) is 0 Å². The molecule has 1 aromatic carbocycles. The van der Waals surface area contributed by atoms with Gasteiger partial charge in [0.25, 0.3) is 0 Å². The topological polar surface area (TPSA) is 15.6 Å².